The number of aliphatic hydroxyl groups is 14. The molecule has 20 N–H and O–H groups in total. The summed E-state index contributed by atoms with van der Waals surface area (Å²) in [7, 11) is -3.92. The first-order valence-electron chi connectivity index (χ1n) is 15.7. The van der Waals surface area contributed by atoms with E-state index < -0.39 is 152 Å². The number of carboxylic acid groups (broad SMARTS) is 3. The average Bonchev–Trinajstić information content (AvgIpc) is 3.37. The number of hydrogen-bond acceptors (Lipinski definition) is 24. The van der Waals surface area contributed by atoms with Crippen molar-refractivity contribution < 1.29 is 133 Å². The number of hydrogen-bond donors (Lipinski definition) is 19. The van der Waals surface area contributed by atoms with Crippen molar-refractivity contribution in [2.75, 3.05) is 38.8 Å². The first-order valence-corrected chi connectivity index (χ1v) is 17.3. The molecule has 1 unspecified atom stereocenters. The number of ether oxygens (including phenoxy) is 3. The lowest BCUT2D eigenvalue weighted by molar-refractivity contribution is -0.383. The maximum Gasteiger partial charge on any atom is 0.320 e. The monoisotopic (exact) mass is 855 g/mol. The molecular formula is C27H53NO27S. The fourth-order valence-electron chi connectivity index (χ4n) is 3.77. The standard InChI is InChI=1S/C12H22O11.C6H12O6.C5H9NO4.C2H6O4S.C2H4O2/c13-1-4-6(16)8(18)9(19)11(21-4)23-12(3-15)10(20)7(17)5(2-14)22-12;7-1-3(9)5(11)6(12)4(10)2-8;6-3(5(9)10)1-2-4(7)8;3-1-2-7(4,5)6;1-2(3)4/h4-11,13-20H,1-3H2;1,3-6,8-12H,2H2;3H,1-2,6H2,(H,7,8)(H,9,10);3H,1-2H2,(H,4,5,6);1H3,(H,3,4)/t4-,5-,6-,7-,8+,9-,10+,11-,12+;3-,4+,5+,6+;;;/m10.../s1. The van der Waals surface area contributed by atoms with Gasteiger partial charge >= 0.3 is 11.9 Å². The van der Waals surface area contributed by atoms with Crippen molar-refractivity contribution in [2.45, 2.75) is 105 Å². The van der Waals surface area contributed by atoms with Crippen molar-refractivity contribution in [3.8, 4) is 0 Å². The van der Waals surface area contributed by atoms with Crippen molar-refractivity contribution in [2.24, 2.45) is 5.73 Å². The molecule has 14 atom stereocenters. The predicted octanol–water partition coefficient (Wildman–Crippen LogP) is -10.6. The van der Waals surface area contributed by atoms with E-state index in [-0.39, 0.29) is 19.1 Å². The number of rotatable bonds is 16. The van der Waals surface area contributed by atoms with E-state index in [2.05, 4.69) is 0 Å². The smallest absolute Gasteiger partial charge is 0.320 e. The van der Waals surface area contributed by atoms with Crippen LogP contribution in [0.1, 0.15) is 19.8 Å². The molecule has 29 heteroatoms. The van der Waals surface area contributed by atoms with Crippen LogP contribution in [0.15, 0.2) is 0 Å². The Balaban J connectivity index is -0.000000717. The highest BCUT2D eigenvalue weighted by molar-refractivity contribution is 7.85. The molecule has 2 fully saturated rings. The summed E-state index contributed by atoms with van der Waals surface area (Å²) in [6.45, 7) is -2.53. The molecule has 0 aromatic carbocycles. The first kappa shape index (κ1) is 57.6. The van der Waals surface area contributed by atoms with E-state index in [1.165, 1.54) is 0 Å². The summed E-state index contributed by atoms with van der Waals surface area (Å²) in [4.78, 5) is 38.8. The Morgan fingerprint density at radius 1 is 0.839 bits per heavy atom. The Hall–Kier alpha value is -2.73. The number of nitrogens with two attached hydrogens (primary N) is 1. The summed E-state index contributed by atoms with van der Waals surface area (Å²) in [5.74, 6) is -5.83. The molecule has 0 aromatic heterocycles. The molecule has 0 amide bonds. The molecule has 2 aliphatic heterocycles. The van der Waals surface area contributed by atoms with Gasteiger partial charge in [0.15, 0.2) is 12.6 Å². The van der Waals surface area contributed by atoms with Crippen molar-refractivity contribution in [3.05, 3.63) is 0 Å². The second kappa shape index (κ2) is 28.6. The van der Waals surface area contributed by atoms with Gasteiger partial charge in [-0.25, -0.2) is 0 Å². The van der Waals surface area contributed by atoms with Gasteiger partial charge in [-0.3, -0.25) is 18.9 Å². The van der Waals surface area contributed by atoms with Crippen LogP contribution in [0.3, 0.4) is 0 Å². The second-order valence-corrected chi connectivity index (χ2v) is 12.9. The van der Waals surface area contributed by atoms with Gasteiger partial charge in [-0.05, 0) is 6.42 Å². The normalized spacial score (nSPS) is 29.7. The fourth-order valence-corrected chi connectivity index (χ4v) is 4.00. The zero-order valence-corrected chi connectivity index (χ0v) is 30.3. The summed E-state index contributed by atoms with van der Waals surface area (Å²) < 4.78 is 42.5. The van der Waals surface area contributed by atoms with E-state index in [1.807, 2.05) is 0 Å². The van der Waals surface area contributed by atoms with E-state index >= 15 is 0 Å². The maximum atomic E-state index is 10.00. The highest BCUT2D eigenvalue weighted by Gasteiger charge is 2.58. The zero-order valence-electron chi connectivity index (χ0n) is 29.4. The summed E-state index contributed by atoms with van der Waals surface area (Å²) in [5.41, 5.74) is 5.00. The Kier molecular flexibility index (Phi) is 29.4. The van der Waals surface area contributed by atoms with Crippen LogP contribution in [0, 0.1) is 0 Å². The van der Waals surface area contributed by atoms with Crippen LogP contribution in [0.2, 0.25) is 0 Å². The van der Waals surface area contributed by atoms with Gasteiger partial charge in [0, 0.05) is 13.3 Å². The topological polar surface area (TPSA) is 520 Å². The van der Waals surface area contributed by atoms with Crippen LogP contribution < -0.4 is 5.73 Å². The van der Waals surface area contributed by atoms with Gasteiger partial charge in [-0.1, -0.05) is 0 Å². The first-order chi connectivity index (χ1) is 25.7. The van der Waals surface area contributed by atoms with Crippen molar-refractivity contribution in [3.63, 3.8) is 0 Å². The SMILES string of the molecule is CC(=O)O.NC(CCC(=O)O)C(=O)O.O=C[C@H](O)[C@@H](O)[C@H](O)[C@H](O)CO.O=S(=O)(O)CCO.OC[C@H]1O[C@@](CO)(O[C@H]2O[C@H](CO)[C@@H](O)[C@H](O)[C@H]2O)[C@@H](O)[C@@H]1O. The number of aliphatic carboxylic acids is 3. The van der Waals surface area contributed by atoms with Crippen molar-refractivity contribution in [1.29, 1.82) is 0 Å². The molecule has 2 heterocycles. The van der Waals surface area contributed by atoms with Gasteiger partial charge in [0.05, 0.1) is 32.2 Å². The average molecular weight is 856 g/mol. The second-order valence-electron chi connectivity index (χ2n) is 11.3. The molecule has 334 valence electrons. The van der Waals surface area contributed by atoms with E-state index in [4.69, 9.17) is 85.5 Å². The van der Waals surface area contributed by atoms with Gasteiger partial charge in [-0.15, -0.1) is 0 Å². The zero-order chi connectivity index (χ0) is 44.7. The lowest BCUT2D eigenvalue weighted by atomic mass is 9.99. The highest BCUT2D eigenvalue weighted by atomic mass is 32.2. The predicted molar refractivity (Wildman–Crippen MR) is 175 cm³/mol. The Morgan fingerprint density at radius 2 is 1.34 bits per heavy atom. The summed E-state index contributed by atoms with van der Waals surface area (Å²) in [6.07, 6.45) is -19.7. The molecule has 2 aliphatic rings. The minimum Gasteiger partial charge on any atom is -0.481 e. The Labute approximate surface area is 317 Å². The summed E-state index contributed by atoms with van der Waals surface area (Å²) >= 11 is 0. The van der Waals surface area contributed by atoms with E-state index in [1.54, 1.807) is 0 Å². The van der Waals surface area contributed by atoms with Crippen LogP contribution in [-0.2, 0) is 43.5 Å². The molecule has 2 saturated heterocycles. The minimum atomic E-state index is -3.92. The highest BCUT2D eigenvalue weighted by Crippen LogP contribution is 2.35. The van der Waals surface area contributed by atoms with Gasteiger partial charge < -0.3 is 112 Å². The number of aldehydes is 1. The van der Waals surface area contributed by atoms with Crippen molar-refractivity contribution >= 4 is 34.3 Å². The van der Waals surface area contributed by atoms with Crippen LogP contribution in [-0.4, -0.2) is 248 Å². The van der Waals surface area contributed by atoms with Gasteiger partial charge in [0.25, 0.3) is 16.1 Å². The fraction of sp³-hybridized carbons (Fsp3) is 0.852. The molecule has 0 bridgehead atoms. The molecule has 0 radical (unpaired) electrons. The third-order valence-electron chi connectivity index (χ3n) is 6.83. The molecule has 28 nitrogen and oxygen atoms in total. The summed E-state index contributed by atoms with van der Waals surface area (Å²) in [5, 5.41) is 152. The van der Waals surface area contributed by atoms with Crippen molar-refractivity contribution in [1.82, 2.24) is 0 Å². The Bertz CT molecular complexity index is 1220. The Morgan fingerprint density at radius 3 is 1.66 bits per heavy atom. The van der Waals surface area contributed by atoms with Crippen LogP contribution >= 0.6 is 0 Å². The van der Waals surface area contributed by atoms with Crippen LogP contribution in [0.25, 0.3) is 0 Å². The van der Waals surface area contributed by atoms with Gasteiger partial charge in [0.2, 0.25) is 5.79 Å². The largest absolute Gasteiger partial charge is 0.481 e. The molecule has 2 rings (SSSR count). The lowest BCUT2D eigenvalue weighted by Gasteiger charge is -2.43. The summed E-state index contributed by atoms with van der Waals surface area (Å²) in [6, 6.07) is -1.06. The molecular weight excluding hydrogens is 802 g/mol. The molecule has 56 heavy (non-hydrogen) atoms. The number of carboxylic acids is 3. The van der Waals surface area contributed by atoms with E-state index in [0.29, 0.717) is 0 Å². The minimum absolute atomic E-state index is 0.0231. The maximum absolute atomic E-state index is 10.00. The molecule has 0 aliphatic carbocycles. The molecule has 0 aromatic rings. The van der Waals surface area contributed by atoms with E-state index in [0.717, 1.165) is 6.92 Å². The molecule has 0 spiro atoms. The number of carbonyl (C=O) groups excluding carboxylic acids is 1. The van der Waals surface area contributed by atoms with Gasteiger partial charge in [-0.2, -0.15) is 8.42 Å². The van der Waals surface area contributed by atoms with E-state index in [9.17, 15) is 53.4 Å². The third-order valence-corrected chi connectivity index (χ3v) is 7.52. The molecule has 0 saturated carbocycles. The number of carbonyl (C=O) groups is 4. The third kappa shape index (κ3) is 21.7. The lowest BCUT2D eigenvalue weighted by Crippen LogP contribution is -2.62. The quantitative estimate of drug-likeness (QED) is 0.0506. The van der Waals surface area contributed by atoms with Crippen LogP contribution in [0.5, 0.6) is 0 Å². The number of aliphatic hydroxyl groups excluding tert-OH is 14. The van der Waals surface area contributed by atoms with Crippen LogP contribution in [0.4, 0.5) is 0 Å². The van der Waals surface area contributed by atoms with Gasteiger partial charge in [0.1, 0.15) is 79.8 Å².